The Morgan fingerprint density at radius 3 is 2.20 bits per heavy atom. The molecule has 0 saturated carbocycles. The van der Waals surface area contributed by atoms with Crippen LogP contribution in [0, 0.1) is 0 Å². The third-order valence-electron chi connectivity index (χ3n) is 1.01. The van der Waals surface area contributed by atoms with Gasteiger partial charge in [0.25, 0.3) is 0 Å². The van der Waals surface area contributed by atoms with Crippen molar-refractivity contribution in [2.75, 3.05) is 0 Å². The highest BCUT2D eigenvalue weighted by molar-refractivity contribution is 5.78. The Balaban J connectivity index is 2.87. The van der Waals surface area contributed by atoms with E-state index in [9.17, 15) is 0 Å². The molecule has 1 aromatic rings. The second-order valence-corrected chi connectivity index (χ2v) is 1.87. The van der Waals surface area contributed by atoms with E-state index in [1.165, 1.54) is 0 Å². The number of para-hydroxylation sites is 1. The Hall–Kier alpha value is -1.51. The number of hydrogen-bond acceptors (Lipinski definition) is 1. The lowest BCUT2D eigenvalue weighted by Gasteiger charge is -1.91. The molecule has 1 aromatic carbocycles. The first-order valence-corrected chi connectivity index (χ1v) is 2.94. The highest BCUT2D eigenvalue weighted by atomic mass is 15.1. The SMILES string of the molecule is NC(N)=N[13c]1[13cH][13cH][13cH][13cH][13cH]1. The Kier molecular flexibility index (Phi) is 1.89. The predicted octanol–water partition coefficient (Wildman–Crippen LogP) is 0.591. The zero-order valence-electron chi connectivity index (χ0n) is 5.49. The van der Waals surface area contributed by atoms with Crippen LogP contribution in [0.5, 0.6) is 0 Å². The maximum atomic E-state index is 5.15. The minimum atomic E-state index is 0.0891. The molecular formula is C7H9N3. The van der Waals surface area contributed by atoms with Gasteiger partial charge in [0.15, 0.2) is 5.96 Å². The van der Waals surface area contributed by atoms with Crippen LogP contribution >= 0.6 is 0 Å². The summed E-state index contributed by atoms with van der Waals surface area (Å²) in [6, 6.07) is 9.33. The lowest BCUT2D eigenvalue weighted by atomic mass is 11.1. The summed E-state index contributed by atoms with van der Waals surface area (Å²) >= 11 is 0. The van der Waals surface area contributed by atoms with E-state index in [1.807, 2.05) is 30.3 Å². The summed E-state index contributed by atoms with van der Waals surface area (Å²) in [7, 11) is 0. The normalized spacial score (nSPS) is 8.80. The molecule has 0 unspecified atom stereocenters. The molecule has 0 aliphatic rings. The van der Waals surface area contributed by atoms with Crippen molar-refractivity contribution in [1.82, 2.24) is 0 Å². The van der Waals surface area contributed by atoms with Crippen LogP contribution in [0.2, 0.25) is 0 Å². The Labute approximate surface area is 59.4 Å². The van der Waals surface area contributed by atoms with Crippen molar-refractivity contribution in [1.29, 1.82) is 0 Å². The summed E-state index contributed by atoms with van der Waals surface area (Å²) in [6.45, 7) is 0. The van der Waals surface area contributed by atoms with Gasteiger partial charge in [0.2, 0.25) is 0 Å². The van der Waals surface area contributed by atoms with Gasteiger partial charge in [0.05, 0.1) is 5.69 Å². The Morgan fingerprint density at radius 1 is 1.10 bits per heavy atom. The molecule has 0 fully saturated rings. The van der Waals surface area contributed by atoms with Crippen LogP contribution in [0.3, 0.4) is 0 Å². The lowest BCUT2D eigenvalue weighted by molar-refractivity contribution is 1.42. The van der Waals surface area contributed by atoms with Gasteiger partial charge >= 0.3 is 0 Å². The highest BCUT2D eigenvalue weighted by Gasteiger charge is 1.83. The average Bonchev–Trinajstić information content (AvgIpc) is 1.88. The van der Waals surface area contributed by atoms with E-state index in [4.69, 9.17) is 11.5 Å². The van der Waals surface area contributed by atoms with Crippen LogP contribution in [0.15, 0.2) is 35.3 Å². The minimum absolute atomic E-state index is 0.0891. The number of rotatable bonds is 1. The van der Waals surface area contributed by atoms with Crippen molar-refractivity contribution in [2.45, 2.75) is 0 Å². The summed E-state index contributed by atoms with van der Waals surface area (Å²) in [4.78, 5) is 3.83. The summed E-state index contributed by atoms with van der Waals surface area (Å²) in [5, 5.41) is 0. The summed E-state index contributed by atoms with van der Waals surface area (Å²) in [5.41, 5.74) is 11.1. The van der Waals surface area contributed by atoms with Gasteiger partial charge in [-0.15, -0.1) is 0 Å². The van der Waals surface area contributed by atoms with Crippen molar-refractivity contribution in [3.63, 3.8) is 0 Å². The van der Waals surface area contributed by atoms with Gasteiger partial charge in [-0.1, -0.05) is 18.2 Å². The fraction of sp³-hybridized carbons (Fsp3) is 0. The van der Waals surface area contributed by atoms with Crippen molar-refractivity contribution in [3.05, 3.63) is 30.3 Å². The molecule has 0 radical (unpaired) electrons. The smallest absolute Gasteiger partial charge is 0.191 e. The topological polar surface area (TPSA) is 64.4 Å². The molecule has 0 atom stereocenters. The van der Waals surface area contributed by atoms with E-state index in [-0.39, 0.29) is 5.96 Å². The van der Waals surface area contributed by atoms with Gasteiger partial charge in [0.1, 0.15) is 0 Å². The molecule has 3 nitrogen and oxygen atoms in total. The molecule has 10 heavy (non-hydrogen) atoms. The zero-order chi connectivity index (χ0) is 7.40. The van der Waals surface area contributed by atoms with E-state index in [1.54, 1.807) is 0 Å². The lowest BCUT2D eigenvalue weighted by Crippen LogP contribution is -2.21. The number of nitrogens with two attached hydrogens (primary N) is 2. The highest BCUT2D eigenvalue weighted by Crippen LogP contribution is 2.07. The van der Waals surface area contributed by atoms with Gasteiger partial charge in [-0.2, -0.15) is 0 Å². The molecule has 0 saturated heterocycles. The first-order valence-electron chi connectivity index (χ1n) is 2.94. The number of nitrogens with zero attached hydrogens (tertiary/aromatic N) is 1. The van der Waals surface area contributed by atoms with Gasteiger partial charge in [-0.3, -0.25) is 0 Å². The quantitative estimate of drug-likeness (QED) is 0.444. The Morgan fingerprint density at radius 2 is 1.70 bits per heavy atom. The second-order valence-electron chi connectivity index (χ2n) is 1.87. The maximum Gasteiger partial charge on any atom is 0.191 e. The van der Waals surface area contributed by atoms with E-state index in [2.05, 4.69) is 4.99 Å². The standard InChI is InChI=1S/C7H9N3/c8-7(9)10-6-4-2-1-3-5-6/h1-5H,(H4,8,9,10)/i1+1,2+1,3+1,4+1,5+1,6+1. The molecule has 0 aromatic heterocycles. The average molecular weight is 141 g/mol. The van der Waals surface area contributed by atoms with Crippen LogP contribution in [-0.2, 0) is 0 Å². The Bertz CT molecular complexity index is 224. The van der Waals surface area contributed by atoms with Crippen molar-refractivity contribution in [3.8, 4) is 0 Å². The third kappa shape index (κ3) is 1.78. The number of hydrogen-bond donors (Lipinski definition) is 2. The fourth-order valence-electron chi connectivity index (χ4n) is 0.652. The number of guanidine groups is 1. The van der Waals surface area contributed by atoms with Gasteiger partial charge < -0.3 is 11.5 Å². The molecule has 0 heterocycles. The summed E-state index contributed by atoms with van der Waals surface area (Å²) in [6.07, 6.45) is 0. The van der Waals surface area contributed by atoms with Gasteiger partial charge in [0, 0.05) is 0 Å². The van der Waals surface area contributed by atoms with Crippen molar-refractivity contribution < 1.29 is 0 Å². The third-order valence-corrected chi connectivity index (χ3v) is 1.01. The van der Waals surface area contributed by atoms with Crippen molar-refractivity contribution in [2.24, 2.45) is 16.5 Å². The predicted molar refractivity (Wildman–Crippen MR) is 41.9 cm³/mol. The molecule has 0 spiro atoms. The molecule has 0 aliphatic carbocycles. The molecule has 0 aliphatic heterocycles. The first-order chi connectivity index (χ1) is 4.79. The van der Waals surface area contributed by atoms with Crippen LogP contribution in [0.1, 0.15) is 0 Å². The molecule has 52 valence electrons. The molecule has 3 heteroatoms. The minimum Gasteiger partial charge on any atom is -0.370 e. The number of benzene rings is 1. The van der Waals surface area contributed by atoms with Gasteiger partial charge in [-0.05, 0) is 12.1 Å². The van der Waals surface area contributed by atoms with E-state index >= 15 is 0 Å². The van der Waals surface area contributed by atoms with Gasteiger partial charge in [-0.25, -0.2) is 4.99 Å². The van der Waals surface area contributed by atoms with E-state index in [0.717, 1.165) is 5.69 Å². The summed E-state index contributed by atoms with van der Waals surface area (Å²) in [5.74, 6) is 0.0891. The maximum absolute atomic E-state index is 5.15. The van der Waals surface area contributed by atoms with Crippen molar-refractivity contribution >= 4 is 11.6 Å². The summed E-state index contributed by atoms with van der Waals surface area (Å²) < 4.78 is 0. The van der Waals surface area contributed by atoms with Crippen LogP contribution < -0.4 is 11.5 Å². The van der Waals surface area contributed by atoms with E-state index in [0.29, 0.717) is 0 Å². The van der Waals surface area contributed by atoms with Crippen LogP contribution in [0.4, 0.5) is 5.69 Å². The molecule has 1 rings (SSSR count). The molecular weight excluding hydrogens is 132 g/mol. The van der Waals surface area contributed by atoms with Crippen LogP contribution in [0.25, 0.3) is 0 Å². The fourth-order valence-corrected chi connectivity index (χ4v) is 0.652. The zero-order valence-corrected chi connectivity index (χ0v) is 5.49. The van der Waals surface area contributed by atoms with Crippen LogP contribution in [-0.4, -0.2) is 5.96 Å². The largest absolute Gasteiger partial charge is 0.370 e. The molecule has 0 bridgehead atoms. The van der Waals surface area contributed by atoms with E-state index < -0.39 is 0 Å². The number of aliphatic imine (C=N–C) groups is 1. The molecule has 4 N–H and O–H groups in total. The molecule has 0 amide bonds. The first kappa shape index (κ1) is 6.61. The monoisotopic (exact) mass is 141 g/mol. The second kappa shape index (κ2) is 2.87.